The van der Waals surface area contributed by atoms with Crippen LogP contribution in [0, 0.1) is 0 Å². The molecule has 1 aliphatic heterocycles. The molecule has 1 aromatic carbocycles. The molecular weight excluding hydrogens is 431 g/mol. The Morgan fingerprint density at radius 2 is 1.96 bits per heavy atom. The fourth-order valence-corrected chi connectivity index (χ4v) is 5.51. The zero-order valence-electron chi connectivity index (χ0n) is 13.5. The number of sulfonamides is 1. The maximum absolute atomic E-state index is 12.4. The fraction of sp³-hybridized carbons (Fsp3) is 0.0625. The second-order valence-electron chi connectivity index (χ2n) is 5.59. The van der Waals surface area contributed by atoms with Crippen molar-refractivity contribution in [3.63, 3.8) is 0 Å². The van der Waals surface area contributed by atoms with Crippen molar-refractivity contribution in [2.24, 2.45) is 10.7 Å². The van der Waals surface area contributed by atoms with Gasteiger partial charge in [-0.05, 0) is 36.4 Å². The van der Waals surface area contributed by atoms with Gasteiger partial charge in [0, 0.05) is 11.4 Å². The van der Waals surface area contributed by atoms with Crippen LogP contribution in [0.1, 0.15) is 0 Å². The third kappa shape index (κ3) is 3.39. The highest BCUT2D eigenvalue weighted by Gasteiger charge is 2.20. The lowest BCUT2D eigenvalue weighted by Crippen LogP contribution is -2.42. The Morgan fingerprint density at radius 1 is 1.22 bits per heavy atom. The summed E-state index contributed by atoms with van der Waals surface area (Å²) in [5, 5.41) is 0.924. The molecule has 0 saturated carbocycles. The van der Waals surface area contributed by atoms with Crippen molar-refractivity contribution >= 4 is 61.8 Å². The minimum Gasteiger partial charge on any atom is -0.446 e. The Hall–Kier alpha value is -2.20. The van der Waals surface area contributed by atoms with Crippen LogP contribution in [0.15, 0.2) is 56.3 Å². The first-order valence-corrected chi connectivity index (χ1v) is 10.6. The summed E-state index contributed by atoms with van der Waals surface area (Å²) in [4.78, 5) is 6.12. The Kier molecular flexibility index (Phi) is 4.55. The molecule has 0 saturated heterocycles. The first kappa shape index (κ1) is 18.2. The largest absolute Gasteiger partial charge is 0.446 e. The van der Waals surface area contributed by atoms with E-state index in [0.29, 0.717) is 23.7 Å². The topological polar surface area (TPSA) is 101 Å². The van der Waals surface area contributed by atoms with Gasteiger partial charge in [-0.1, -0.05) is 23.2 Å². The summed E-state index contributed by atoms with van der Waals surface area (Å²) in [5.74, 6) is 0.518. The van der Waals surface area contributed by atoms with E-state index in [-0.39, 0.29) is 13.6 Å². The van der Waals surface area contributed by atoms with Gasteiger partial charge in [0.05, 0.1) is 16.5 Å². The number of nitrogens with zero attached hydrogens (tertiary/aromatic N) is 2. The molecule has 11 heteroatoms. The van der Waals surface area contributed by atoms with Crippen LogP contribution in [0.5, 0.6) is 0 Å². The molecule has 1 aliphatic rings. The van der Waals surface area contributed by atoms with Crippen LogP contribution in [-0.4, -0.2) is 15.1 Å². The normalized spacial score (nSPS) is 14.0. The van der Waals surface area contributed by atoms with E-state index in [4.69, 9.17) is 33.4 Å². The van der Waals surface area contributed by atoms with Gasteiger partial charge in [0.1, 0.15) is 21.0 Å². The molecule has 3 aromatic rings. The first-order valence-electron chi connectivity index (χ1n) is 7.58. The van der Waals surface area contributed by atoms with E-state index in [1.54, 1.807) is 35.2 Å². The summed E-state index contributed by atoms with van der Waals surface area (Å²) in [6.07, 6.45) is 1.53. The van der Waals surface area contributed by atoms with E-state index in [2.05, 4.69) is 9.71 Å². The zero-order chi connectivity index (χ0) is 19.2. The minimum atomic E-state index is -3.77. The SMILES string of the molecule is NC1=c2ccoc2=NCN1c1ccc(NS(=O)(=O)c2cc(Cl)c(Cl)s2)cc1. The van der Waals surface area contributed by atoms with E-state index in [1.165, 1.54) is 12.3 Å². The minimum absolute atomic E-state index is 0.0430. The zero-order valence-corrected chi connectivity index (χ0v) is 16.7. The number of nitrogens with two attached hydrogens (primary N) is 1. The van der Waals surface area contributed by atoms with Gasteiger partial charge < -0.3 is 15.1 Å². The van der Waals surface area contributed by atoms with Crippen molar-refractivity contribution in [2.45, 2.75) is 4.21 Å². The molecule has 140 valence electrons. The highest BCUT2D eigenvalue weighted by molar-refractivity contribution is 7.94. The first-order chi connectivity index (χ1) is 12.8. The maximum atomic E-state index is 12.4. The lowest BCUT2D eigenvalue weighted by atomic mass is 10.2. The van der Waals surface area contributed by atoms with E-state index in [9.17, 15) is 8.42 Å². The number of nitrogens with one attached hydrogen (secondary N) is 1. The summed E-state index contributed by atoms with van der Waals surface area (Å²) in [7, 11) is -3.77. The number of halogens is 2. The number of hydrogen-bond acceptors (Lipinski definition) is 7. The predicted molar refractivity (Wildman–Crippen MR) is 106 cm³/mol. The number of thiophene rings is 1. The van der Waals surface area contributed by atoms with Crippen molar-refractivity contribution in [2.75, 3.05) is 16.3 Å². The highest BCUT2D eigenvalue weighted by atomic mass is 35.5. The maximum Gasteiger partial charge on any atom is 0.271 e. The molecule has 0 spiro atoms. The van der Waals surface area contributed by atoms with E-state index in [1.807, 2.05) is 0 Å². The summed E-state index contributed by atoms with van der Waals surface area (Å²) in [6, 6.07) is 9.85. The Balaban J connectivity index is 1.58. The quantitative estimate of drug-likeness (QED) is 0.646. The second-order valence-corrected chi connectivity index (χ2v) is 9.56. The Bertz CT molecular complexity index is 1210. The van der Waals surface area contributed by atoms with Gasteiger partial charge in [-0.25, -0.2) is 13.4 Å². The summed E-state index contributed by atoms with van der Waals surface area (Å²) >= 11 is 12.6. The monoisotopic (exact) mass is 442 g/mol. The van der Waals surface area contributed by atoms with E-state index < -0.39 is 10.0 Å². The molecule has 0 amide bonds. The molecule has 0 aliphatic carbocycles. The average Bonchev–Trinajstić information content (AvgIpc) is 3.24. The molecular formula is C16H12Cl2N4O3S2. The number of anilines is 2. The molecule has 0 bridgehead atoms. The van der Waals surface area contributed by atoms with E-state index >= 15 is 0 Å². The Morgan fingerprint density at radius 3 is 2.63 bits per heavy atom. The molecule has 27 heavy (non-hydrogen) atoms. The van der Waals surface area contributed by atoms with Gasteiger partial charge >= 0.3 is 0 Å². The molecule has 0 fully saturated rings. The number of fused-ring (bicyclic) bond motifs is 1. The van der Waals surface area contributed by atoms with Crippen LogP contribution >= 0.6 is 34.5 Å². The summed E-state index contributed by atoms with van der Waals surface area (Å²) in [6.45, 7) is 0.309. The molecule has 4 rings (SSSR count). The number of hydrogen-bond donors (Lipinski definition) is 2. The highest BCUT2D eigenvalue weighted by Crippen LogP contribution is 2.35. The van der Waals surface area contributed by atoms with Crippen LogP contribution in [0.2, 0.25) is 9.36 Å². The van der Waals surface area contributed by atoms with Crippen molar-refractivity contribution in [3.8, 4) is 0 Å². The van der Waals surface area contributed by atoms with Crippen LogP contribution in [0.25, 0.3) is 5.82 Å². The van der Waals surface area contributed by atoms with Crippen LogP contribution in [-0.2, 0) is 10.0 Å². The third-order valence-electron chi connectivity index (χ3n) is 3.89. The van der Waals surface area contributed by atoms with Crippen LogP contribution in [0.3, 0.4) is 0 Å². The predicted octanol–water partition coefficient (Wildman–Crippen LogP) is 2.57. The van der Waals surface area contributed by atoms with Crippen molar-refractivity contribution in [3.05, 3.63) is 62.8 Å². The molecule has 0 radical (unpaired) electrons. The number of benzene rings is 1. The smallest absolute Gasteiger partial charge is 0.271 e. The van der Waals surface area contributed by atoms with E-state index in [0.717, 1.165) is 22.2 Å². The standard InChI is InChI=1S/C16H12Cl2N4O3S2/c17-12-7-13(26-14(12)18)27(23,24)21-9-1-3-10(4-2-9)22-8-20-16-11(15(22)19)5-6-25-16/h1-7,21H,8,19H2. The molecule has 0 atom stereocenters. The molecule has 7 nitrogen and oxygen atoms in total. The van der Waals surface area contributed by atoms with Crippen LogP contribution < -0.4 is 26.1 Å². The molecule has 2 aromatic heterocycles. The van der Waals surface area contributed by atoms with Crippen LogP contribution in [0.4, 0.5) is 11.4 Å². The lowest BCUT2D eigenvalue weighted by molar-refractivity contribution is 0.500. The average molecular weight is 443 g/mol. The van der Waals surface area contributed by atoms with Gasteiger partial charge in [-0.3, -0.25) is 4.72 Å². The molecule has 0 unspecified atom stereocenters. The Labute approximate surface area is 168 Å². The summed E-state index contributed by atoms with van der Waals surface area (Å²) in [5.41, 5.74) is 7.86. The summed E-state index contributed by atoms with van der Waals surface area (Å²) < 4.78 is 32.9. The van der Waals surface area contributed by atoms with Gasteiger partial charge in [0.25, 0.3) is 10.0 Å². The van der Waals surface area contributed by atoms with Crippen molar-refractivity contribution < 1.29 is 12.8 Å². The van der Waals surface area contributed by atoms with Crippen molar-refractivity contribution in [1.29, 1.82) is 0 Å². The lowest BCUT2D eigenvalue weighted by Gasteiger charge is -2.24. The fourth-order valence-electron chi connectivity index (χ4n) is 2.57. The number of rotatable bonds is 4. The second kappa shape index (κ2) is 6.75. The molecule has 3 heterocycles. The van der Waals surface area contributed by atoms with Gasteiger partial charge in [0.15, 0.2) is 0 Å². The van der Waals surface area contributed by atoms with Crippen molar-refractivity contribution in [1.82, 2.24) is 0 Å². The molecule has 3 N–H and O–H groups in total. The van der Waals surface area contributed by atoms with Gasteiger partial charge in [0.2, 0.25) is 5.55 Å². The van der Waals surface area contributed by atoms with Gasteiger partial charge in [-0.15, -0.1) is 11.3 Å². The van der Waals surface area contributed by atoms with Gasteiger partial charge in [-0.2, -0.15) is 0 Å². The third-order valence-corrected chi connectivity index (χ3v) is 7.61. The number of furan rings is 1.